The Morgan fingerprint density at radius 2 is 1.76 bits per heavy atom. The second-order valence-corrected chi connectivity index (χ2v) is 5.95. The van der Waals surface area contributed by atoms with E-state index in [0.717, 1.165) is 10.8 Å². The first-order chi connectivity index (χ1) is 12.1. The van der Waals surface area contributed by atoms with E-state index in [0.29, 0.717) is 22.5 Å². The summed E-state index contributed by atoms with van der Waals surface area (Å²) in [6, 6.07) is 19.9. The van der Waals surface area contributed by atoms with E-state index < -0.39 is 0 Å². The summed E-state index contributed by atoms with van der Waals surface area (Å²) in [4.78, 5) is 12.8. The van der Waals surface area contributed by atoms with Gasteiger partial charge < -0.3 is 0 Å². The Morgan fingerprint density at radius 1 is 0.960 bits per heavy atom. The largest absolute Gasteiger partial charge is 0.280 e. The quantitative estimate of drug-likeness (QED) is 0.622. The van der Waals surface area contributed by atoms with Gasteiger partial charge in [-0.25, -0.2) is 4.39 Å². The minimum Gasteiger partial charge on any atom is -0.267 e. The average molecular weight is 330 g/mol. The molecule has 0 atom stereocenters. The van der Waals surface area contributed by atoms with E-state index in [2.05, 4.69) is 5.10 Å². The van der Waals surface area contributed by atoms with Gasteiger partial charge in [-0.2, -0.15) is 10.1 Å². The zero-order valence-corrected chi connectivity index (χ0v) is 13.6. The Labute approximate surface area is 144 Å². The molecule has 3 nitrogen and oxygen atoms in total. The van der Waals surface area contributed by atoms with Gasteiger partial charge in [-0.3, -0.25) is 4.79 Å². The van der Waals surface area contributed by atoms with Crippen molar-refractivity contribution in [2.24, 2.45) is 5.10 Å². The van der Waals surface area contributed by atoms with Gasteiger partial charge in [0, 0.05) is 0 Å². The zero-order chi connectivity index (χ0) is 17.4. The highest BCUT2D eigenvalue weighted by Gasteiger charge is 2.28. The molecular weight excluding hydrogens is 315 g/mol. The molecule has 1 amide bonds. The number of hydrogen-bond acceptors (Lipinski definition) is 2. The predicted molar refractivity (Wildman–Crippen MR) is 98.9 cm³/mol. The van der Waals surface area contributed by atoms with Crippen molar-refractivity contribution < 1.29 is 9.18 Å². The summed E-state index contributed by atoms with van der Waals surface area (Å²) in [6.45, 7) is 1.78. The van der Waals surface area contributed by atoms with Crippen LogP contribution in [0.5, 0.6) is 0 Å². The summed E-state index contributed by atoms with van der Waals surface area (Å²) < 4.78 is 13.4. The molecule has 3 aromatic rings. The van der Waals surface area contributed by atoms with E-state index in [-0.39, 0.29) is 11.7 Å². The molecule has 1 heterocycles. The number of hydrogen-bond donors (Lipinski definition) is 0. The smallest absolute Gasteiger partial charge is 0.267 e. The third kappa shape index (κ3) is 2.83. The monoisotopic (exact) mass is 330 g/mol. The van der Waals surface area contributed by atoms with Crippen LogP contribution in [0.4, 0.5) is 10.1 Å². The maximum Gasteiger partial charge on any atom is 0.280 e. The van der Waals surface area contributed by atoms with E-state index in [9.17, 15) is 9.18 Å². The number of carbonyl (C=O) groups is 1. The van der Waals surface area contributed by atoms with Crippen LogP contribution in [0.3, 0.4) is 0 Å². The van der Waals surface area contributed by atoms with Crippen molar-refractivity contribution in [3.8, 4) is 0 Å². The Kier molecular flexibility index (Phi) is 3.65. The number of hydrazone groups is 1. The highest BCUT2D eigenvalue weighted by Crippen LogP contribution is 2.28. The molecule has 0 aromatic heterocycles. The van der Waals surface area contributed by atoms with Gasteiger partial charge >= 0.3 is 0 Å². The van der Waals surface area contributed by atoms with E-state index in [1.54, 1.807) is 25.1 Å². The first-order valence-electron chi connectivity index (χ1n) is 7.98. The van der Waals surface area contributed by atoms with Crippen LogP contribution >= 0.6 is 0 Å². The second kappa shape index (κ2) is 5.98. The van der Waals surface area contributed by atoms with Crippen LogP contribution in [0.15, 0.2) is 77.4 Å². The van der Waals surface area contributed by atoms with Gasteiger partial charge in [-0.05, 0) is 53.6 Å². The zero-order valence-electron chi connectivity index (χ0n) is 13.6. The number of rotatable bonds is 2. The van der Waals surface area contributed by atoms with Gasteiger partial charge in [0.15, 0.2) is 0 Å². The summed E-state index contributed by atoms with van der Waals surface area (Å²) in [7, 11) is 0. The third-order valence-electron chi connectivity index (χ3n) is 4.20. The van der Waals surface area contributed by atoms with Gasteiger partial charge in [0.05, 0.1) is 17.0 Å². The average Bonchev–Trinajstić information content (AvgIpc) is 2.90. The van der Waals surface area contributed by atoms with E-state index in [1.807, 2.05) is 42.5 Å². The molecule has 122 valence electrons. The number of halogens is 1. The van der Waals surface area contributed by atoms with Crippen LogP contribution in [0.2, 0.25) is 0 Å². The summed E-state index contributed by atoms with van der Waals surface area (Å²) in [5.41, 5.74) is 2.44. The van der Waals surface area contributed by atoms with Crippen molar-refractivity contribution in [3.63, 3.8) is 0 Å². The molecule has 0 saturated heterocycles. The maximum absolute atomic E-state index is 13.4. The van der Waals surface area contributed by atoms with Crippen LogP contribution in [0, 0.1) is 5.82 Å². The van der Waals surface area contributed by atoms with Crippen molar-refractivity contribution in [1.82, 2.24) is 0 Å². The standard InChI is InChI=1S/C21H15FN2O/c1-14-20(12-15-5-4-8-18(22)11-15)21(25)24(23-14)19-10-9-16-6-2-3-7-17(16)13-19/h2-13H,1H3/b20-12-. The van der Waals surface area contributed by atoms with Crippen molar-refractivity contribution in [1.29, 1.82) is 0 Å². The maximum atomic E-state index is 13.4. The predicted octanol–water partition coefficient (Wildman–Crippen LogP) is 4.79. The van der Waals surface area contributed by atoms with E-state index in [1.165, 1.54) is 17.1 Å². The minimum atomic E-state index is -0.333. The fraction of sp³-hybridized carbons (Fsp3) is 0.0476. The normalized spacial score (nSPS) is 15.9. The highest BCUT2D eigenvalue weighted by atomic mass is 19.1. The topological polar surface area (TPSA) is 32.7 Å². The first-order valence-corrected chi connectivity index (χ1v) is 7.98. The summed E-state index contributed by atoms with van der Waals surface area (Å²) in [5.74, 6) is -0.544. The van der Waals surface area contributed by atoms with Crippen LogP contribution in [0.1, 0.15) is 12.5 Å². The number of carbonyl (C=O) groups excluding carboxylic acids is 1. The molecule has 25 heavy (non-hydrogen) atoms. The fourth-order valence-electron chi connectivity index (χ4n) is 2.93. The fourth-order valence-corrected chi connectivity index (χ4v) is 2.93. The number of nitrogens with zero attached hydrogens (tertiary/aromatic N) is 2. The first kappa shape index (κ1) is 15.3. The molecule has 1 aliphatic rings. The Bertz CT molecular complexity index is 1050. The van der Waals surface area contributed by atoms with Gasteiger partial charge in [0.25, 0.3) is 5.91 Å². The van der Waals surface area contributed by atoms with Crippen molar-refractivity contribution in [2.75, 3.05) is 5.01 Å². The number of benzene rings is 3. The summed E-state index contributed by atoms with van der Waals surface area (Å²) in [6.07, 6.45) is 1.67. The van der Waals surface area contributed by atoms with Crippen molar-refractivity contribution in [2.45, 2.75) is 6.92 Å². The van der Waals surface area contributed by atoms with Gasteiger partial charge in [0.2, 0.25) is 0 Å². The molecule has 0 saturated carbocycles. The van der Waals surface area contributed by atoms with Gasteiger partial charge in [-0.15, -0.1) is 0 Å². The molecule has 0 unspecified atom stereocenters. The van der Waals surface area contributed by atoms with Crippen LogP contribution in [0.25, 0.3) is 16.8 Å². The molecule has 0 aliphatic carbocycles. The molecule has 4 rings (SSSR count). The second-order valence-electron chi connectivity index (χ2n) is 5.95. The van der Waals surface area contributed by atoms with E-state index in [4.69, 9.17) is 0 Å². The number of fused-ring (bicyclic) bond motifs is 1. The summed E-state index contributed by atoms with van der Waals surface area (Å²) in [5, 5.41) is 7.93. The van der Waals surface area contributed by atoms with Crippen molar-refractivity contribution in [3.05, 3.63) is 83.7 Å². The SMILES string of the molecule is CC1=NN(c2ccc3ccccc3c2)C(=O)/C1=C\c1cccc(F)c1. The Balaban J connectivity index is 1.72. The Morgan fingerprint density at radius 3 is 2.56 bits per heavy atom. The molecular formula is C21H15FN2O. The van der Waals surface area contributed by atoms with Crippen LogP contribution < -0.4 is 5.01 Å². The lowest BCUT2D eigenvalue weighted by molar-refractivity contribution is -0.114. The third-order valence-corrected chi connectivity index (χ3v) is 4.20. The van der Waals surface area contributed by atoms with Crippen LogP contribution in [-0.2, 0) is 4.79 Å². The number of anilines is 1. The van der Waals surface area contributed by atoms with Gasteiger partial charge in [0.1, 0.15) is 5.82 Å². The lowest BCUT2D eigenvalue weighted by Gasteiger charge is -2.12. The lowest BCUT2D eigenvalue weighted by Crippen LogP contribution is -2.21. The molecule has 0 fully saturated rings. The van der Waals surface area contributed by atoms with Crippen molar-refractivity contribution >= 4 is 34.2 Å². The van der Waals surface area contributed by atoms with E-state index >= 15 is 0 Å². The molecule has 1 aliphatic heterocycles. The summed E-state index contributed by atoms with van der Waals surface area (Å²) >= 11 is 0. The molecule has 3 aromatic carbocycles. The minimum absolute atomic E-state index is 0.211. The Hall–Kier alpha value is -3.27. The number of amides is 1. The van der Waals surface area contributed by atoms with Crippen LogP contribution in [-0.4, -0.2) is 11.6 Å². The molecule has 0 radical (unpaired) electrons. The molecule has 4 heteroatoms. The van der Waals surface area contributed by atoms with Gasteiger partial charge in [-0.1, -0.05) is 42.5 Å². The molecule has 0 N–H and O–H groups in total. The lowest BCUT2D eigenvalue weighted by atomic mass is 10.1. The molecule has 0 spiro atoms. The molecule has 0 bridgehead atoms. The highest BCUT2D eigenvalue weighted by molar-refractivity contribution is 6.32.